The molecule has 0 spiro atoms. The van der Waals surface area contributed by atoms with Crippen molar-refractivity contribution in [3.63, 3.8) is 0 Å². The van der Waals surface area contributed by atoms with Crippen molar-refractivity contribution < 1.29 is 13.9 Å². The fourth-order valence-corrected chi connectivity index (χ4v) is 2.43. The molecule has 2 rings (SSSR count). The number of carbonyl (C=O) groups is 1. The van der Waals surface area contributed by atoms with Crippen molar-refractivity contribution in [2.24, 2.45) is 0 Å². The van der Waals surface area contributed by atoms with Gasteiger partial charge in [0.25, 0.3) is 5.91 Å². The number of carbonyl (C=O) groups excluding carboxylic acids is 1. The molecule has 1 unspecified atom stereocenters. The van der Waals surface area contributed by atoms with Crippen molar-refractivity contribution in [1.82, 2.24) is 5.32 Å². The van der Waals surface area contributed by atoms with E-state index in [9.17, 15) is 9.18 Å². The summed E-state index contributed by atoms with van der Waals surface area (Å²) < 4.78 is 18.7. The lowest BCUT2D eigenvalue weighted by molar-refractivity contribution is -0.128. The Labute approximate surface area is 149 Å². The molecule has 134 valence electrons. The predicted octanol–water partition coefficient (Wildman–Crippen LogP) is 4.60. The van der Waals surface area contributed by atoms with Crippen molar-refractivity contribution in [2.75, 3.05) is 0 Å². The van der Waals surface area contributed by atoms with Crippen LogP contribution in [0.2, 0.25) is 0 Å². The number of amides is 1. The van der Waals surface area contributed by atoms with Crippen LogP contribution >= 0.6 is 0 Å². The number of ether oxygens (including phenoxy) is 1. The first-order valence-corrected chi connectivity index (χ1v) is 8.59. The van der Waals surface area contributed by atoms with E-state index in [-0.39, 0.29) is 17.1 Å². The second-order valence-electron chi connectivity index (χ2n) is 7.13. The molecule has 0 fully saturated rings. The van der Waals surface area contributed by atoms with Crippen LogP contribution in [0.25, 0.3) is 0 Å². The molecular weight excluding hydrogens is 317 g/mol. The number of hydrogen-bond acceptors (Lipinski definition) is 2. The lowest BCUT2D eigenvalue weighted by Gasteiger charge is -2.21. The van der Waals surface area contributed by atoms with Gasteiger partial charge in [-0.05, 0) is 47.2 Å². The lowest BCUT2D eigenvalue weighted by Crippen LogP contribution is -2.37. The third-order valence-corrected chi connectivity index (χ3v) is 4.04. The molecular formula is C21H26FNO2. The Kier molecular flexibility index (Phi) is 6.18. The van der Waals surface area contributed by atoms with E-state index in [1.165, 1.54) is 17.7 Å². The highest BCUT2D eigenvalue weighted by molar-refractivity contribution is 5.81. The minimum atomic E-state index is -0.555. The zero-order chi connectivity index (χ0) is 18.4. The Morgan fingerprint density at radius 1 is 1.08 bits per heavy atom. The Morgan fingerprint density at radius 3 is 2.20 bits per heavy atom. The van der Waals surface area contributed by atoms with Gasteiger partial charge in [-0.3, -0.25) is 4.79 Å². The molecule has 1 N–H and O–H groups in total. The molecule has 0 aliphatic carbocycles. The zero-order valence-electron chi connectivity index (χ0n) is 15.3. The normalized spacial score (nSPS) is 12.5. The van der Waals surface area contributed by atoms with E-state index in [2.05, 4.69) is 26.1 Å². The molecule has 0 bridgehead atoms. The molecule has 0 aromatic heterocycles. The number of benzene rings is 2. The third kappa shape index (κ3) is 5.59. The van der Waals surface area contributed by atoms with Crippen LogP contribution in [-0.4, -0.2) is 12.0 Å². The molecule has 2 aromatic carbocycles. The first kappa shape index (κ1) is 19.0. The minimum absolute atomic E-state index is 0.0786. The van der Waals surface area contributed by atoms with Crippen LogP contribution in [0.3, 0.4) is 0 Å². The fourth-order valence-electron chi connectivity index (χ4n) is 2.43. The van der Waals surface area contributed by atoms with E-state index < -0.39 is 6.10 Å². The van der Waals surface area contributed by atoms with Crippen LogP contribution in [0.5, 0.6) is 5.75 Å². The topological polar surface area (TPSA) is 38.3 Å². The summed E-state index contributed by atoms with van der Waals surface area (Å²) in [4.78, 5) is 12.3. The van der Waals surface area contributed by atoms with Gasteiger partial charge in [0.1, 0.15) is 11.6 Å². The van der Waals surface area contributed by atoms with Crippen LogP contribution in [0.1, 0.15) is 45.2 Å². The zero-order valence-corrected chi connectivity index (χ0v) is 15.3. The van der Waals surface area contributed by atoms with Gasteiger partial charge < -0.3 is 10.1 Å². The molecule has 0 aliphatic rings. The average Bonchev–Trinajstić information content (AvgIpc) is 2.58. The van der Waals surface area contributed by atoms with Crippen LogP contribution in [0.4, 0.5) is 4.39 Å². The third-order valence-electron chi connectivity index (χ3n) is 4.04. The molecule has 1 amide bonds. The highest BCUT2D eigenvalue weighted by atomic mass is 19.1. The van der Waals surface area contributed by atoms with Gasteiger partial charge >= 0.3 is 0 Å². The standard InChI is InChI=1S/C21H26FNO2/c1-5-19(20(24)23-14-15-6-10-17(22)11-7-15)25-18-12-8-16(9-13-18)21(2,3)4/h6-13,19H,5,14H2,1-4H3,(H,23,24). The van der Waals surface area contributed by atoms with E-state index in [0.29, 0.717) is 18.7 Å². The molecule has 3 nitrogen and oxygen atoms in total. The monoisotopic (exact) mass is 343 g/mol. The Hall–Kier alpha value is -2.36. The van der Waals surface area contributed by atoms with Gasteiger partial charge in [-0.25, -0.2) is 4.39 Å². The van der Waals surface area contributed by atoms with E-state index >= 15 is 0 Å². The summed E-state index contributed by atoms with van der Waals surface area (Å²) >= 11 is 0. The van der Waals surface area contributed by atoms with Crippen molar-refractivity contribution in [2.45, 2.75) is 52.2 Å². The van der Waals surface area contributed by atoms with Crippen LogP contribution in [0.15, 0.2) is 48.5 Å². The summed E-state index contributed by atoms with van der Waals surface area (Å²) in [6, 6.07) is 13.9. The summed E-state index contributed by atoms with van der Waals surface area (Å²) in [5, 5.41) is 2.84. The molecule has 0 saturated carbocycles. The predicted molar refractivity (Wildman–Crippen MR) is 98.1 cm³/mol. The molecule has 4 heteroatoms. The SMILES string of the molecule is CCC(Oc1ccc(C(C)(C)C)cc1)C(=O)NCc1ccc(F)cc1. The maximum atomic E-state index is 12.9. The summed E-state index contributed by atoms with van der Waals surface area (Å²) in [7, 11) is 0. The van der Waals surface area contributed by atoms with E-state index in [1.807, 2.05) is 31.2 Å². The van der Waals surface area contributed by atoms with Crippen LogP contribution < -0.4 is 10.1 Å². The summed E-state index contributed by atoms with van der Waals surface area (Å²) in [6.45, 7) is 8.72. The quantitative estimate of drug-likeness (QED) is 0.832. The summed E-state index contributed by atoms with van der Waals surface area (Å²) in [5.41, 5.74) is 2.14. The van der Waals surface area contributed by atoms with Crippen LogP contribution in [0, 0.1) is 5.82 Å². The smallest absolute Gasteiger partial charge is 0.261 e. The van der Waals surface area contributed by atoms with Crippen LogP contribution in [-0.2, 0) is 16.8 Å². The first-order valence-electron chi connectivity index (χ1n) is 8.59. The van der Waals surface area contributed by atoms with E-state index in [0.717, 1.165) is 5.56 Å². The largest absolute Gasteiger partial charge is 0.481 e. The van der Waals surface area contributed by atoms with Crippen molar-refractivity contribution in [1.29, 1.82) is 0 Å². The fraction of sp³-hybridized carbons (Fsp3) is 0.381. The highest BCUT2D eigenvalue weighted by Gasteiger charge is 2.19. The maximum absolute atomic E-state index is 12.9. The lowest BCUT2D eigenvalue weighted by atomic mass is 9.87. The van der Waals surface area contributed by atoms with Gasteiger partial charge in [-0.15, -0.1) is 0 Å². The Morgan fingerprint density at radius 2 is 1.68 bits per heavy atom. The van der Waals surface area contributed by atoms with Crippen molar-refractivity contribution in [3.05, 3.63) is 65.5 Å². The second kappa shape index (κ2) is 8.15. The highest BCUT2D eigenvalue weighted by Crippen LogP contribution is 2.24. The number of hydrogen-bond donors (Lipinski definition) is 1. The molecule has 0 aliphatic heterocycles. The van der Waals surface area contributed by atoms with Crippen molar-refractivity contribution >= 4 is 5.91 Å². The second-order valence-corrected chi connectivity index (χ2v) is 7.13. The van der Waals surface area contributed by atoms with Gasteiger partial charge in [0, 0.05) is 6.54 Å². The number of halogens is 1. The van der Waals surface area contributed by atoms with E-state index in [4.69, 9.17) is 4.74 Å². The van der Waals surface area contributed by atoms with Gasteiger partial charge in [0.15, 0.2) is 6.10 Å². The first-order chi connectivity index (χ1) is 11.8. The molecule has 0 radical (unpaired) electrons. The van der Waals surface area contributed by atoms with E-state index in [1.54, 1.807) is 12.1 Å². The van der Waals surface area contributed by atoms with Gasteiger partial charge in [0.2, 0.25) is 0 Å². The average molecular weight is 343 g/mol. The Balaban J connectivity index is 1.94. The molecule has 2 aromatic rings. The van der Waals surface area contributed by atoms with Gasteiger partial charge in [-0.2, -0.15) is 0 Å². The maximum Gasteiger partial charge on any atom is 0.261 e. The summed E-state index contributed by atoms with van der Waals surface area (Å²) in [5.74, 6) is 0.215. The molecule has 0 heterocycles. The number of rotatable bonds is 6. The summed E-state index contributed by atoms with van der Waals surface area (Å²) in [6.07, 6.45) is 0.0111. The van der Waals surface area contributed by atoms with Gasteiger partial charge in [-0.1, -0.05) is 52.0 Å². The molecule has 1 atom stereocenters. The molecule has 25 heavy (non-hydrogen) atoms. The van der Waals surface area contributed by atoms with Gasteiger partial charge in [0.05, 0.1) is 0 Å². The molecule has 0 saturated heterocycles. The Bertz CT molecular complexity index is 687. The number of nitrogens with one attached hydrogen (secondary N) is 1. The minimum Gasteiger partial charge on any atom is -0.481 e. The van der Waals surface area contributed by atoms with Crippen molar-refractivity contribution in [3.8, 4) is 5.75 Å².